The molecular weight excluding hydrogens is 452 g/mol. The molecule has 4 N–H and O–H groups in total. The molecule has 2 aromatic rings. The standard InChI is InChI=1S/C26H32N2O7/c1-18(17-24(30)28-32)5-4-6-19(2)25(20-7-11-23(12-8-20)34-16-15-29)35-26(31)27-21-9-13-22(33-3)14-10-21/h4-5,7-14,17,19,25,29,32H,6,15-16H2,1-3H3,(H,27,31)(H,28,30)/b5-4+,18-17+/t19-,25-/m0/s1. The fraction of sp³-hybridized carbons (Fsp3) is 0.308. The lowest BCUT2D eigenvalue weighted by Crippen LogP contribution is -2.21. The first-order chi connectivity index (χ1) is 16.9. The fourth-order valence-electron chi connectivity index (χ4n) is 3.25. The highest BCUT2D eigenvalue weighted by Gasteiger charge is 2.23. The van der Waals surface area contributed by atoms with Gasteiger partial charge in [-0.05, 0) is 60.9 Å². The van der Waals surface area contributed by atoms with Crippen molar-refractivity contribution in [1.29, 1.82) is 0 Å². The number of carbonyl (C=O) groups excluding carboxylic acids is 2. The summed E-state index contributed by atoms with van der Waals surface area (Å²) in [6.07, 6.45) is 4.27. The second-order valence-electron chi connectivity index (χ2n) is 7.80. The number of hydrogen-bond donors (Lipinski definition) is 4. The zero-order chi connectivity index (χ0) is 25.6. The highest BCUT2D eigenvalue weighted by molar-refractivity contribution is 5.87. The maximum Gasteiger partial charge on any atom is 0.412 e. The summed E-state index contributed by atoms with van der Waals surface area (Å²) >= 11 is 0. The van der Waals surface area contributed by atoms with Crippen molar-refractivity contribution in [3.63, 3.8) is 0 Å². The number of allylic oxidation sites excluding steroid dienone is 3. The Morgan fingerprint density at radius 1 is 1.06 bits per heavy atom. The van der Waals surface area contributed by atoms with E-state index in [4.69, 9.17) is 24.5 Å². The molecule has 0 fully saturated rings. The number of nitrogens with one attached hydrogen (secondary N) is 2. The number of amides is 2. The number of aliphatic hydroxyl groups is 1. The SMILES string of the molecule is COc1ccc(NC(=O)O[C@H](c2ccc(OCCO)cc2)[C@@H](C)C/C=C/C(C)=C/C(=O)NO)cc1. The van der Waals surface area contributed by atoms with Gasteiger partial charge in [-0.2, -0.15) is 0 Å². The molecule has 0 saturated carbocycles. The predicted octanol–water partition coefficient (Wildman–Crippen LogP) is 4.39. The quantitative estimate of drug-likeness (QED) is 0.152. The third-order valence-corrected chi connectivity index (χ3v) is 5.01. The van der Waals surface area contributed by atoms with Crippen LogP contribution in [-0.4, -0.2) is 42.6 Å². The zero-order valence-corrected chi connectivity index (χ0v) is 20.1. The van der Waals surface area contributed by atoms with Crippen molar-refractivity contribution in [3.8, 4) is 11.5 Å². The van der Waals surface area contributed by atoms with Crippen LogP contribution in [0.4, 0.5) is 10.5 Å². The first-order valence-corrected chi connectivity index (χ1v) is 11.1. The molecule has 0 spiro atoms. The highest BCUT2D eigenvalue weighted by atomic mass is 16.6. The molecule has 0 aliphatic carbocycles. The lowest BCUT2D eigenvalue weighted by Gasteiger charge is -2.24. The number of aliphatic hydroxyl groups excluding tert-OH is 1. The lowest BCUT2D eigenvalue weighted by molar-refractivity contribution is -0.124. The Kier molecular flexibility index (Phi) is 11.3. The van der Waals surface area contributed by atoms with E-state index in [-0.39, 0.29) is 19.1 Å². The van der Waals surface area contributed by atoms with Gasteiger partial charge in [-0.1, -0.05) is 31.2 Å². The van der Waals surface area contributed by atoms with Crippen LogP contribution in [0, 0.1) is 5.92 Å². The Hall–Kier alpha value is -3.82. The molecule has 9 heteroatoms. The van der Waals surface area contributed by atoms with Gasteiger partial charge in [0.15, 0.2) is 0 Å². The smallest absolute Gasteiger partial charge is 0.412 e. The number of methoxy groups -OCH3 is 1. The van der Waals surface area contributed by atoms with Gasteiger partial charge >= 0.3 is 6.09 Å². The molecular formula is C26H32N2O7. The Bertz CT molecular complexity index is 1000. The van der Waals surface area contributed by atoms with Crippen LogP contribution in [0.1, 0.15) is 31.9 Å². The molecule has 0 unspecified atom stereocenters. The summed E-state index contributed by atoms with van der Waals surface area (Å²) in [6.45, 7) is 3.78. The predicted molar refractivity (Wildman–Crippen MR) is 131 cm³/mol. The summed E-state index contributed by atoms with van der Waals surface area (Å²) in [5.41, 5.74) is 3.56. The van der Waals surface area contributed by atoms with Gasteiger partial charge in [0.1, 0.15) is 24.2 Å². The molecule has 0 saturated heterocycles. The number of anilines is 1. The summed E-state index contributed by atoms with van der Waals surface area (Å²) in [7, 11) is 1.57. The monoisotopic (exact) mass is 484 g/mol. The van der Waals surface area contributed by atoms with E-state index >= 15 is 0 Å². The number of benzene rings is 2. The van der Waals surface area contributed by atoms with E-state index in [1.807, 2.05) is 25.1 Å². The van der Waals surface area contributed by atoms with E-state index in [9.17, 15) is 9.59 Å². The van der Waals surface area contributed by atoms with E-state index in [1.165, 1.54) is 6.08 Å². The van der Waals surface area contributed by atoms with Gasteiger partial charge in [-0.15, -0.1) is 0 Å². The summed E-state index contributed by atoms with van der Waals surface area (Å²) in [5.74, 6) is 0.544. The average molecular weight is 485 g/mol. The van der Waals surface area contributed by atoms with Crippen molar-refractivity contribution < 1.29 is 34.1 Å². The van der Waals surface area contributed by atoms with Gasteiger partial charge in [-0.3, -0.25) is 15.3 Å². The van der Waals surface area contributed by atoms with Crippen LogP contribution < -0.4 is 20.3 Å². The molecule has 2 aromatic carbocycles. The summed E-state index contributed by atoms with van der Waals surface area (Å²) in [6, 6.07) is 14.0. The van der Waals surface area contributed by atoms with Gasteiger partial charge in [0, 0.05) is 17.7 Å². The van der Waals surface area contributed by atoms with Gasteiger partial charge in [0.05, 0.1) is 13.7 Å². The highest BCUT2D eigenvalue weighted by Crippen LogP contribution is 2.31. The third kappa shape index (κ3) is 9.52. The van der Waals surface area contributed by atoms with Crippen molar-refractivity contribution in [2.24, 2.45) is 5.92 Å². The van der Waals surface area contributed by atoms with Gasteiger partial charge < -0.3 is 19.3 Å². The molecule has 0 aliphatic heterocycles. The first-order valence-electron chi connectivity index (χ1n) is 11.1. The van der Waals surface area contributed by atoms with Crippen molar-refractivity contribution in [2.75, 3.05) is 25.6 Å². The number of hydroxylamine groups is 1. The maximum absolute atomic E-state index is 12.7. The molecule has 0 radical (unpaired) electrons. The Balaban J connectivity index is 2.15. The van der Waals surface area contributed by atoms with Crippen molar-refractivity contribution in [2.45, 2.75) is 26.4 Å². The van der Waals surface area contributed by atoms with Gasteiger partial charge in [0.2, 0.25) is 0 Å². The second kappa shape index (κ2) is 14.4. The third-order valence-electron chi connectivity index (χ3n) is 5.01. The maximum atomic E-state index is 12.7. The van der Waals surface area contributed by atoms with Crippen LogP contribution >= 0.6 is 0 Å². The minimum Gasteiger partial charge on any atom is -0.497 e. The van der Waals surface area contributed by atoms with E-state index in [2.05, 4.69) is 5.32 Å². The molecule has 2 amide bonds. The van der Waals surface area contributed by atoms with E-state index < -0.39 is 18.1 Å². The van der Waals surface area contributed by atoms with E-state index in [0.29, 0.717) is 29.2 Å². The van der Waals surface area contributed by atoms with Crippen LogP contribution in [0.3, 0.4) is 0 Å². The summed E-state index contributed by atoms with van der Waals surface area (Å²) in [4.78, 5) is 23.9. The molecule has 0 aromatic heterocycles. The average Bonchev–Trinajstić information content (AvgIpc) is 2.86. The van der Waals surface area contributed by atoms with Crippen LogP contribution in [-0.2, 0) is 9.53 Å². The molecule has 0 bridgehead atoms. The van der Waals surface area contributed by atoms with Crippen LogP contribution in [0.5, 0.6) is 11.5 Å². The zero-order valence-electron chi connectivity index (χ0n) is 20.1. The molecule has 2 rings (SSSR count). The van der Waals surface area contributed by atoms with Crippen molar-refractivity contribution in [3.05, 3.63) is 77.9 Å². The van der Waals surface area contributed by atoms with Gasteiger partial charge in [-0.25, -0.2) is 10.3 Å². The van der Waals surface area contributed by atoms with Crippen molar-refractivity contribution in [1.82, 2.24) is 5.48 Å². The van der Waals surface area contributed by atoms with Crippen molar-refractivity contribution >= 4 is 17.7 Å². The van der Waals surface area contributed by atoms with E-state index in [1.54, 1.807) is 62.0 Å². The number of rotatable bonds is 12. The van der Waals surface area contributed by atoms with Gasteiger partial charge in [0.25, 0.3) is 5.91 Å². The molecule has 0 heterocycles. The van der Waals surface area contributed by atoms with Crippen LogP contribution in [0.2, 0.25) is 0 Å². The van der Waals surface area contributed by atoms with Crippen LogP contribution in [0.25, 0.3) is 0 Å². The Morgan fingerprint density at radius 2 is 1.71 bits per heavy atom. The fourth-order valence-corrected chi connectivity index (χ4v) is 3.25. The topological polar surface area (TPSA) is 126 Å². The molecule has 35 heavy (non-hydrogen) atoms. The molecule has 2 atom stereocenters. The molecule has 188 valence electrons. The molecule has 0 aliphatic rings. The first kappa shape index (κ1) is 27.4. The minimum atomic E-state index is -0.611. The Morgan fingerprint density at radius 3 is 2.31 bits per heavy atom. The lowest BCUT2D eigenvalue weighted by atomic mass is 9.94. The van der Waals surface area contributed by atoms with E-state index in [0.717, 1.165) is 5.56 Å². The molecule has 9 nitrogen and oxygen atoms in total. The summed E-state index contributed by atoms with van der Waals surface area (Å²) in [5, 5.41) is 20.3. The number of carbonyl (C=O) groups is 2. The summed E-state index contributed by atoms with van der Waals surface area (Å²) < 4.78 is 16.4. The number of hydrogen-bond acceptors (Lipinski definition) is 7. The second-order valence-corrected chi connectivity index (χ2v) is 7.80. The minimum absolute atomic E-state index is 0.0871. The van der Waals surface area contributed by atoms with Crippen LogP contribution in [0.15, 0.2) is 72.3 Å². The number of ether oxygens (including phenoxy) is 3. The Labute approximate surface area is 205 Å². The largest absolute Gasteiger partial charge is 0.497 e. The normalized spacial score (nSPS) is 13.1.